The highest BCUT2D eigenvalue weighted by Gasteiger charge is 2.05. The predicted molar refractivity (Wildman–Crippen MR) is 120 cm³/mol. The van der Waals surface area contributed by atoms with Crippen LogP contribution in [0.1, 0.15) is 110 Å². The highest BCUT2D eigenvalue weighted by molar-refractivity contribution is 5.79. The van der Waals surface area contributed by atoms with Gasteiger partial charge in [-0.15, -0.1) is 0 Å². The molecule has 0 aliphatic heterocycles. The van der Waals surface area contributed by atoms with E-state index in [2.05, 4.69) is 24.2 Å². The summed E-state index contributed by atoms with van der Waals surface area (Å²) in [4.78, 5) is 29.1. The van der Waals surface area contributed by atoms with Gasteiger partial charge in [-0.1, -0.05) is 84.5 Å². The summed E-state index contributed by atoms with van der Waals surface area (Å²) in [6.07, 6.45) is 17.2. The van der Waals surface area contributed by atoms with Gasteiger partial charge in [0, 0.05) is 13.0 Å². The lowest BCUT2D eigenvalue weighted by Crippen LogP contribution is -2.23. The van der Waals surface area contributed by atoms with E-state index in [-0.39, 0.29) is 12.8 Å². The Morgan fingerprint density at radius 1 is 0.724 bits per heavy atom. The molecular formula is C23H47N3O3. The molecule has 0 aromatic rings. The summed E-state index contributed by atoms with van der Waals surface area (Å²) in [5.41, 5.74) is 7.64. The van der Waals surface area contributed by atoms with Crippen molar-refractivity contribution in [2.45, 2.75) is 110 Å². The second-order valence-corrected chi connectivity index (χ2v) is 7.96. The van der Waals surface area contributed by atoms with Crippen molar-refractivity contribution in [1.82, 2.24) is 10.4 Å². The molecule has 6 heteroatoms. The van der Waals surface area contributed by atoms with Crippen molar-refractivity contribution in [2.24, 2.45) is 5.73 Å². The molecule has 0 saturated heterocycles. The Labute approximate surface area is 179 Å². The predicted octanol–water partition coefficient (Wildman–Crippen LogP) is 4.71. The van der Waals surface area contributed by atoms with Crippen LogP contribution in [0.2, 0.25) is 0 Å². The molecule has 172 valence electrons. The van der Waals surface area contributed by atoms with Gasteiger partial charge >= 0.3 is 5.97 Å². The standard InChI is InChI=1S/C23H47N3O3/c1-3-26(4-2)21-17-15-13-11-9-7-5-6-8-10-12-14-16-20-25-29-23(28)19-18-22(24)27/h25H,3-21H2,1-2H3,(H2,24,27). The summed E-state index contributed by atoms with van der Waals surface area (Å²) in [6, 6.07) is 0. The van der Waals surface area contributed by atoms with Gasteiger partial charge in [0.25, 0.3) is 0 Å². The number of carbonyl (C=O) groups is 2. The normalized spacial score (nSPS) is 11.1. The Morgan fingerprint density at radius 3 is 1.62 bits per heavy atom. The van der Waals surface area contributed by atoms with Crippen LogP contribution in [0, 0.1) is 0 Å². The fourth-order valence-corrected chi connectivity index (χ4v) is 3.42. The van der Waals surface area contributed by atoms with Gasteiger partial charge in [0.1, 0.15) is 0 Å². The van der Waals surface area contributed by atoms with Crippen LogP contribution < -0.4 is 11.2 Å². The summed E-state index contributed by atoms with van der Waals surface area (Å²) in [6.45, 7) is 8.79. The van der Waals surface area contributed by atoms with Crippen LogP contribution in [0.4, 0.5) is 0 Å². The largest absolute Gasteiger partial charge is 0.371 e. The minimum Gasteiger partial charge on any atom is -0.371 e. The zero-order valence-corrected chi connectivity index (χ0v) is 19.2. The van der Waals surface area contributed by atoms with Crippen molar-refractivity contribution in [3.8, 4) is 0 Å². The molecule has 0 heterocycles. The topological polar surface area (TPSA) is 84.7 Å². The third-order valence-electron chi connectivity index (χ3n) is 5.41. The number of rotatable bonds is 22. The lowest BCUT2D eigenvalue weighted by molar-refractivity contribution is -0.152. The van der Waals surface area contributed by atoms with Crippen molar-refractivity contribution in [3.05, 3.63) is 0 Å². The van der Waals surface area contributed by atoms with E-state index in [1.54, 1.807) is 0 Å². The van der Waals surface area contributed by atoms with Crippen LogP contribution in [-0.4, -0.2) is 43.0 Å². The zero-order chi connectivity index (χ0) is 21.6. The number of nitrogens with two attached hydrogens (primary N) is 1. The summed E-state index contributed by atoms with van der Waals surface area (Å²) in [5, 5.41) is 0. The highest BCUT2D eigenvalue weighted by Crippen LogP contribution is 2.12. The average molecular weight is 414 g/mol. The smallest absolute Gasteiger partial charge is 0.325 e. The first-order valence-electron chi connectivity index (χ1n) is 12.0. The number of nitrogens with zero attached hydrogens (tertiary/aromatic N) is 1. The van der Waals surface area contributed by atoms with Gasteiger partial charge < -0.3 is 15.5 Å². The molecule has 0 bridgehead atoms. The molecule has 0 spiro atoms. The van der Waals surface area contributed by atoms with E-state index in [9.17, 15) is 9.59 Å². The van der Waals surface area contributed by atoms with Crippen molar-refractivity contribution in [2.75, 3.05) is 26.2 Å². The maximum absolute atomic E-state index is 11.2. The van der Waals surface area contributed by atoms with E-state index in [1.165, 1.54) is 90.3 Å². The summed E-state index contributed by atoms with van der Waals surface area (Å²) < 4.78 is 0. The molecule has 1 amide bonds. The second kappa shape index (κ2) is 21.6. The zero-order valence-electron chi connectivity index (χ0n) is 19.2. The number of primary amides is 1. The lowest BCUT2D eigenvalue weighted by Gasteiger charge is -2.17. The Kier molecular flexibility index (Phi) is 20.7. The maximum atomic E-state index is 11.2. The van der Waals surface area contributed by atoms with Gasteiger partial charge in [0.15, 0.2) is 0 Å². The number of hydroxylamine groups is 1. The summed E-state index contributed by atoms with van der Waals surface area (Å²) >= 11 is 0. The quantitative estimate of drug-likeness (QED) is 0.198. The molecule has 0 radical (unpaired) electrons. The minimum atomic E-state index is -0.483. The Bertz CT molecular complexity index is 388. The summed E-state index contributed by atoms with van der Waals surface area (Å²) in [5.74, 6) is -0.910. The van der Waals surface area contributed by atoms with Crippen LogP contribution >= 0.6 is 0 Å². The van der Waals surface area contributed by atoms with Crippen LogP contribution in [0.5, 0.6) is 0 Å². The van der Waals surface area contributed by atoms with Crippen LogP contribution in [-0.2, 0) is 14.4 Å². The van der Waals surface area contributed by atoms with Crippen molar-refractivity contribution < 1.29 is 14.4 Å². The number of carbonyl (C=O) groups excluding carboxylic acids is 2. The van der Waals surface area contributed by atoms with E-state index in [1.807, 2.05) is 0 Å². The molecule has 3 N–H and O–H groups in total. The minimum absolute atomic E-state index is 0.0392. The number of nitrogens with one attached hydrogen (secondary N) is 1. The Balaban J connectivity index is 3.15. The third-order valence-corrected chi connectivity index (χ3v) is 5.41. The van der Waals surface area contributed by atoms with Gasteiger partial charge in [-0.25, -0.2) is 0 Å². The first-order valence-corrected chi connectivity index (χ1v) is 12.0. The number of hydrogen-bond donors (Lipinski definition) is 2. The molecule has 6 nitrogen and oxygen atoms in total. The van der Waals surface area contributed by atoms with Crippen molar-refractivity contribution in [3.63, 3.8) is 0 Å². The fraction of sp³-hybridized carbons (Fsp3) is 0.913. The van der Waals surface area contributed by atoms with Crippen LogP contribution in [0.15, 0.2) is 0 Å². The molecular weight excluding hydrogens is 366 g/mol. The molecule has 0 rings (SSSR count). The maximum Gasteiger partial charge on any atom is 0.325 e. The molecule has 0 aliphatic carbocycles. The monoisotopic (exact) mass is 413 g/mol. The molecule has 0 aromatic carbocycles. The van der Waals surface area contributed by atoms with Crippen LogP contribution in [0.25, 0.3) is 0 Å². The fourth-order valence-electron chi connectivity index (χ4n) is 3.42. The SMILES string of the molecule is CCN(CC)CCCCCCCCCCCCCCCNOC(=O)CCC(N)=O. The van der Waals surface area contributed by atoms with Gasteiger partial charge in [-0.05, 0) is 32.5 Å². The number of hydrogen-bond acceptors (Lipinski definition) is 5. The van der Waals surface area contributed by atoms with E-state index in [0.717, 1.165) is 12.8 Å². The van der Waals surface area contributed by atoms with Gasteiger partial charge in [0.05, 0.1) is 6.42 Å². The van der Waals surface area contributed by atoms with E-state index in [4.69, 9.17) is 10.6 Å². The van der Waals surface area contributed by atoms with E-state index in [0.29, 0.717) is 6.54 Å². The van der Waals surface area contributed by atoms with Crippen LogP contribution in [0.3, 0.4) is 0 Å². The Hall–Kier alpha value is -1.14. The first-order chi connectivity index (χ1) is 14.1. The second-order valence-electron chi connectivity index (χ2n) is 7.96. The molecule has 0 atom stereocenters. The molecule has 29 heavy (non-hydrogen) atoms. The van der Waals surface area contributed by atoms with E-state index >= 15 is 0 Å². The molecule has 0 fully saturated rings. The molecule has 0 aliphatic rings. The summed E-state index contributed by atoms with van der Waals surface area (Å²) in [7, 11) is 0. The van der Waals surface area contributed by atoms with E-state index < -0.39 is 11.9 Å². The lowest BCUT2D eigenvalue weighted by atomic mass is 10.0. The number of amides is 1. The van der Waals surface area contributed by atoms with Gasteiger partial charge in [-0.2, -0.15) is 5.48 Å². The highest BCUT2D eigenvalue weighted by atomic mass is 16.7. The first kappa shape index (κ1) is 27.9. The van der Waals surface area contributed by atoms with Crippen molar-refractivity contribution in [1.29, 1.82) is 0 Å². The molecule has 0 aromatic heterocycles. The third kappa shape index (κ3) is 21.4. The molecule has 0 saturated carbocycles. The average Bonchev–Trinajstić information content (AvgIpc) is 2.71. The number of unbranched alkanes of at least 4 members (excludes halogenated alkanes) is 12. The molecule has 0 unspecified atom stereocenters. The van der Waals surface area contributed by atoms with Gasteiger partial charge in [0.2, 0.25) is 5.91 Å². The van der Waals surface area contributed by atoms with Crippen molar-refractivity contribution >= 4 is 11.9 Å². The van der Waals surface area contributed by atoms with Gasteiger partial charge in [-0.3, -0.25) is 9.59 Å². The Morgan fingerprint density at radius 2 is 1.17 bits per heavy atom.